The van der Waals surface area contributed by atoms with Gasteiger partial charge < -0.3 is 17.7 Å². The van der Waals surface area contributed by atoms with Crippen LogP contribution in [0.3, 0.4) is 0 Å². The van der Waals surface area contributed by atoms with E-state index < -0.39 is 33.8 Å². The number of hydrogen-bond acceptors (Lipinski definition) is 4. The van der Waals surface area contributed by atoms with Gasteiger partial charge in [-0.1, -0.05) is 0 Å². The van der Waals surface area contributed by atoms with Crippen LogP contribution in [0.2, 0.25) is 65.0 Å². The average Bonchev–Trinajstić information content (AvgIpc) is 2.16. The molecule has 1 N–H and O–H groups in total. The molecule has 0 spiro atoms. The number of hydrogen-bond donors (Lipinski definition) is 1. The van der Waals surface area contributed by atoms with Crippen molar-refractivity contribution < 1.29 is 12.3 Å². The predicted octanol–water partition coefficient (Wildman–Crippen LogP) is 4.29. The highest BCUT2D eigenvalue weighted by atomic mass is 28.5. The van der Waals surface area contributed by atoms with Crippen molar-refractivity contribution in [2.45, 2.75) is 71.4 Å². The summed E-state index contributed by atoms with van der Waals surface area (Å²) < 4.78 is 19.9. The predicted molar refractivity (Wildman–Crippen MR) is 107 cm³/mol. The molecule has 0 aromatic rings. The first kappa shape index (κ1) is 22.7. The van der Waals surface area contributed by atoms with Crippen molar-refractivity contribution in [1.29, 1.82) is 0 Å². The molecule has 0 aromatic carbocycles. The Labute approximate surface area is 143 Å². The van der Waals surface area contributed by atoms with Gasteiger partial charge in [-0.05, 0) is 85.4 Å². The molecule has 8 heteroatoms. The van der Waals surface area contributed by atoms with Gasteiger partial charge in [0.15, 0.2) is 25.0 Å². The van der Waals surface area contributed by atoms with Gasteiger partial charge in [0, 0.05) is 6.04 Å². The highest BCUT2D eigenvalue weighted by Gasteiger charge is 2.49. The molecule has 0 fully saturated rings. The first-order valence-corrected chi connectivity index (χ1v) is 20.4. The second-order valence-electron chi connectivity index (χ2n) is 8.68. The molecular weight excluding hydrogens is 343 g/mol. The fourth-order valence-corrected chi connectivity index (χ4v) is 16.8. The summed E-state index contributed by atoms with van der Waals surface area (Å²) in [5.74, 6) is 0. The highest BCUT2D eigenvalue weighted by molar-refractivity contribution is 6.90. The molecule has 0 heterocycles. The summed E-state index contributed by atoms with van der Waals surface area (Å²) in [4.78, 5) is 0. The zero-order valence-corrected chi connectivity index (χ0v) is 20.3. The Kier molecular flexibility index (Phi) is 8.98. The van der Waals surface area contributed by atoms with Crippen LogP contribution in [0.4, 0.5) is 0 Å². The molecule has 0 aliphatic rings. The van der Waals surface area contributed by atoms with Gasteiger partial charge in [-0.3, -0.25) is 0 Å². The van der Waals surface area contributed by atoms with E-state index in [0.29, 0.717) is 0 Å². The Morgan fingerprint density at radius 1 is 0.727 bits per heavy atom. The van der Waals surface area contributed by atoms with Crippen LogP contribution in [0.25, 0.3) is 0 Å². The van der Waals surface area contributed by atoms with Crippen LogP contribution in [0, 0.1) is 6.92 Å². The Morgan fingerprint density at radius 3 is 1.36 bits per heavy atom. The van der Waals surface area contributed by atoms with Gasteiger partial charge in [0.05, 0.1) is 0 Å². The summed E-state index contributed by atoms with van der Waals surface area (Å²) in [5, 5.41) is 3.29. The molecule has 0 rings (SSSR count). The van der Waals surface area contributed by atoms with Gasteiger partial charge in [0.2, 0.25) is 0 Å². The number of nitrogens with one attached hydrogen (secondary N) is 1. The molecule has 22 heavy (non-hydrogen) atoms. The van der Waals surface area contributed by atoms with Crippen LogP contribution < -0.4 is 5.32 Å². The van der Waals surface area contributed by atoms with E-state index in [1.807, 2.05) is 0 Å². The van der Waals surface area contributed by atoms with Crippen molar-refractivity contribution in [3.05, 3.63) is 6.92 Å². The highest BCUT2D eigenvalue weighted by Crippen LogP contribution is 2.29. The molecular formula is C14H38NO3Si4. The quantitative estimate of drug-likeness (QED) is 0.428. The SMILES string of the molecule is [CH2]CNCCC[Si](O[Si](C)(C)C)(O[Si](C)(C)C)O[Si](C)(C)C. The molecule has 0 unspecified atom stereocenters. The summed E-state index contributed by atoms with van der Waals surface area (Å²) in [6.07, 6.45) is 1.02. The van der Waals surface area contributed by atoms with E-state index in [-0.39, 0.29) is 0 Å². The molecule has 0 aliphatic carbocycles. The Morgan fingerprint density at radius 2 is 1.09 bits per heavy atom. The zero-order valence-electron chi connectivity index (χ0n) is 16.3. The molecule has 0 saturated heterocycles. The van der Waals surface area contributed by atoms with E-state index in [9.17, 15) is 0 Å². The lowest BCUT2D eigenvalue weighted by atomic mass is 10.5. The van der Waals surface area contributed by atoms with Crippen molar-refractivity contribution in [3.8, 4) is 0 Å². The minimum atomic E-state index is -2.63. The molecule has 0 saturated carbocycles. The third-order valence-electron chi connectivity index (χ3n) is 2.40. The van der Waals surface area contributed by atoms with Crippen molar-refractivity contribution >= 4 is 33.8 Å². The van der Waals surface area contributed by atoms with Crippen LogP contribution in [0.1, 0.15) is 6.42 Å². The zero-order chi connectivity index (χ0) is 17.7. The average molecular weight is 381 g/mol. The second-order valence-corrected chi connectivity index (χ2v) is 25.7. The van der Waals surface area contributed by atoms with Gasteiger partial charge in [-0.2, -0.15) is 0 Å². The minimum absolute atomic E-state index is 0.757. The summed E-state index contributed by atoms with van der Waals surface area (Å²) >= 11 is 0. The largest absolute Gasteiger partial charge is 0.469 e. The lowest BCUT2D eigenvalue weighted by molar-refractivity contribution is 0.250. The Balaban J connectivity index is 5.30. The van der Waals surface area contributed by atoms with E-state index in [1.165, 1.54) is 0 Å². The summed E-state index contributed by atoms with van der Waals surface area (Å²) in [7, 11) is -7.84. The van der Waals surface area contributed by atoms with Crippen LogP contribution in [-0.4, -0.2) is 46.8 Å². The third kappa shape index (κ3) is 12.2. The lowest BCUT2D eigenvalue weighted by Gasteiger charge is -2.43. The van der Waals surface area contributed by atoms with Gasteiger partial charge in [0.1, 0.15) is 0 Å². The first-order chi connectivity index (χ1) is 9.68. The number of rotatable bonds is 11. The van der Waals surface area contributed by atoms with Crippen molar-refractivity contribution in [1.82, 2.24) is 5.32 Å². The summed E-state index contributed by atoms with van der Waals surface area (Å²) in [6.45, 7) is 25.6. The molecule has 133 valence electrons. The maximum atomic E-state index is 6.62. The van der Waals surface area contributed by atoms with Crippen molar-refractivity contribution in [2.75, 3.05) is 13.1 Å². The van der Waals surface area contributed by atoms with E-state index in [4.69, 9.17) is 12.3 Å². The van der Waals surface area contributed by atoms with Crippen molar-refractivity contribution in [2.24, 2.45) is 0 Å². The standard InChI is InChI=1S/C14H38NO3Si4/c1-11-15-13-12-14-22(16-19(2,3)4,17-20(5,6)7)18-21(8,9)10/h15H,1,11-14H2,2-10H3. The van der Waals surface area contributed by atoms with E-state index >= 15 is 0 Å². The topological polar surface area (TPSA) is 39.7 Å². The molecule has 0 bridgehead atoms. The third-order valence-corrected chi connectivity index (χ3v) is 14.4. The molecule has 4 nitrogen and oxygen atoms in total. The summed E-state index contributed by atoms with van der Waals surface area (Å²) in [5.41, 5.74) is 0. The Hall–Kier alpha value is 0.708. The second kappa shape index (κ2) is 8.70. The van der Waals surface area contributed by atoms with Crippen LogP contribution in [0.5, 0.6) is 0 Å². The first-order valence-electron chi connectivity index (χ1n) is 8.29. The van der Waals surface area contributed by atoms with E-state index in [0.717, 1.165) is 25.6 Å². The molecule has 1 radical (unpaired) electrons. The van der Waals surface area contributed by atoms with E-state index in [1.54, 1.807) is 0 Å². The fourth-order valence-electron chi connectivity index (χ4n) is 2.17. The van der Waals surface area contributed by atoms with Gasteiger partial charge in [-0.15, -0.1) is 0 Å². The Bertz CT molecular complexity index is 281. The van der Waals surface area contributed by atoms with E-state index in [2.05, 4.69) is 71.2 Å². The minimum Gasteiger partial charge on any atom is -0.417 e. The maximum absolute atomic E-state index is 6.62. The van der Waals surface area contributed by atoms with Gasteiger partial charge >= 0.3 is 8.80 Å². The van der Waals surface area contributed by atoms with Crippen LogP contribution in [0.15, 0.2) is 0 Å². The normalized spacial score (nSPS) is 14.5. The lowest BCUT2D eigenvalue weighted by Crippen LogP contribution is -2.60. The monoisotopic (exact) mass is 380 g/mol. The molecule has 0 atom stereocenters. The fraction of sp³-hybridized carbons (Fsp3) is 0.929. The molecule has 0 amide bonds. The molecule has 0 aliphatic heterocycles. The van der Waals surface area contributed by atoms with Crippen LogP contribution >= 0.6 is 0 Å². The van der Waals surface area contributed by atoms with Gasteiger partial charge in [-0.25, -0.2) is 0 Å². The van der Waals surface area contributed by atoms with Crippen molar-refractivity contribution in [3.63, 3.8) is 0 Å². The van der Waals surface area contributed by atoms with Gasteiger partial charge in [0.25, 0.3) is 0 Å². The summed E-state index contributed by atoms with van der Waals surface area (Å²) in [6, 6.07) is 0.902. The van der Waals surface area contributed by atoms with Crippen LogP contribution in [-0.2, 0) is 12.3 Å². The smallest absolute Gasteiger partial charge is 0.417 e. The molecule has 0 aromatic heterocycles. The maximum Gasteiger partial charge on any atom is 0.469 e.